The Morgan fingerprint density at radius 1 is 1.26 bits per heavy atom. The summed E-state index contributed by atoms with van der Waals surface area (Å²) in [4.78, 5) is 11.9. The van der Waals surface area contributed by atoms with Gasteiger partial charge < -0.3 is 11.1 Å². The van der Waals surface area contributed by atoms with Crippen LogP contribution in [0.25, 0.3) is 0 Å². The summed E-state index contributed by atoms with van der Waals surface area (Å²) >= 11 is 3.59. The van der Waals surface area contributed by atoms with Crippen molar-refractivity contribution in [1.29, 1.82) is 0 Å². The van der Waals surface area contributed by atoms with Crippen LogP contribution in [0.4, 0.5) is 0 Å². The van der Waals surface area contributed by atoms with Gasteiger partial charge in [-0.2, -0.15) is 0 Å². The third kappa shape index (κ3) is 2.81. The molecule has 0 aromatic heterocycles. The molecule has 0 unspecified atom stereocenters. The van der Waals surface area contributed by atoms with Gasteiger partial charge in [0.05, 0.1) is 5.54 Å². The Morgan fingerprint density at radius 2 is 1.89 bits per heavy atom. The molecule has 0 bridgehead atoms. The molecule has 2 aliphatic carbocycles. The monoisotopic (exact) mass is 344 g/mol. The van der Waals surface area contributed by atoms with Crippen LogP contribution in [0, 0.1) is 0 Å². The van der Waals surface area contributed by atoms with E-state index in [0.717, 1.165) is 30.2 Å². The van der Waals surface area contributed by atoms with Crippen molar-refractivity contribution in [3.63, 3.8) is 0 Å². The normalized spacial score (nSPS) is 21.2. The van der Waals surface area contributed by atoms with Crippen LogP contribution < -0.4 is 11.1 Å². The summed E-state index contributed by atoms with van der Waals surface area (Å²) in [5.41, 5.74) is 6.75. The molecule has 1 aromatic rings. The third-order valence-corrected chi connectivity index (χ3v) is 4.82. The lowest BCUT2D eigenvalue weighted by Gasteiger charge is -2.19. The zero-order chi connectivity index (χ0) is 12.8. The highest BCUT2D eigenvalue weighted by Gasteiger charge is 2.49. The van der Waals surface area contributed by atoms with Gasteiger partial charge >= 0.3 is 0 Å². The molecule has 0 atom stereocenters. The average molecular weight is 346 g/mol. The van der Waals surface area contributed by atoms with E-state index in [9.17, 15) is 4.79 Å². The van der Waals surface area contributed by atoms with Crippen molar-refractivity contribution in [3.05, 3.63) is 34.3 Å². The first-order valence-corrected chi connectivity index (χ1v) is 7.17. The Morgan fingerprint density at radius 3 is 2.42 bits per heavy atom. The number of nitrogens with one attached hydrogen (secondary N) is 1. The van der Waals surface area contributed by atoms with Gasteiger partial charge in [0, 0.05) is 16.4 Å². The van der Waals surface area contributed by atoms with Crippen molar-refractivity contribution < 1.29 is 4.79 Å². The van der Waals surface area contributed by atoms with Crippen molar-refractivity contribution in [2.45, 2.75) is 36.6 Å². The molecule has 2 aliphatic rings. The zero-order valence-electron chi connectivity index (χ0n) is 10.6. The maximum atomic E-state index is 11.9. The van der Waals surface area contributed by atoms with Crippen LogP contribution in [0.2, 0.25) is 0 Å². The molecule has 104 valence electrons. The predicted molar refractivity (Wildman–Crippen MR) is 81.5 cm³/mol. The number of amides is 1. The minimum atomic E-state index is -0.565. The maximum absolute atomic E-state index is 11.9. The number of carbonyl (C=O) groups is 1. The lowest BCUT2D eigenvalue weighted by molar-refractivity contribution is -0.123. The number of hydrogen-bond donors (Lipinski definition) is 2. The summed E-state index contributed by atoms with van der Waals surface area (Å²) in [6.45, 7) is 0.702. The van der Waals surface area contributed by atoms with Gasteiger partial charge in [-0.1, -0.05) is 34.1 Å². The second-order valence-electron chi connectivity index (χ2n) is 5.60. The number of halogens is 2. The molecule has 3 N–H and O–H groups in total. The van der Waals surface area contributed by atoms with E-state index in [-0.39, 0.29) is 23.7 Å². The van der Waals surface area contributed by atoms with Crippen LogP contribution in [0.3, 0.4) is 0 Å². The number of rotatable bonds is 4. The maximum Gasteiger partial charge on any atom is 0.240 e. The molecule has 0 spiro atoms. The summed E-state index contributed by atoms with van der Waals surface area (Å²) in [6, 6.07) is 8.26. The van der Waals surface area contributed by atoms with Crippen molar-refractivity contribution in [2.75, 3.05) is 6.54 Å². The summed E-state index contributed by atoms with van der Waals surface area (Å²) in [5.74, 6) is 0.0147. The Labute approximate surface area is 127 Å². The highest BCUT2D eigenvalue weighted by Crippen LogP contribution is 2.50. The standard InChI is InChI=1S/C14H17BrN2O.ClH/c15-11-4-2-1-3-10(11)13(5-6-13)9-17-12(18)14(16)7-8-14;/h1-4H,5-9,16H2,(H,17,18);1H. The third-order valence-electron chi connectivity index (χ3n) is 4.13. The van der Waals surface area contributed by atoms with Crippen molar-refractivity contribution >= 4 is 34.2 Å². The molecule has 2 fully saturated rings. The molecule has 0 saturated heterocycles. The van der Waals surface area contributed by atoms with Crippen LogP contribution in [-0.4, -0.2) is 18.0 Å². The first kappa shape index (κ1) is 14.8. The van der Waals surface area contributed by atoms with Gasteiger partial charge in [-0.3, -0.25) is 4.79 Å². The largest absolute Gasteiger partial charge is 0.354 e. The topological polar surface area (TPSA) is 55.1 Å². The van der Waals surface area contributed by atoms with Crippen molar-refractivity contribution in [2.24, 2.45) is 5.73 Å². The molecular formula is C14H18BrClN2O. The molecule has 19 heavy (non-hydrogen) atoms. The lowest BCUT2D eigenvalue weighted by Crippen LogP contribution is -2.45. The second kappa shape index (κ2) is 5.08. The van der Waals surface area contributed by atoms with Crippen LogP contribution >= 0.6 is 28.3 Å². The number of hydrogen-bond acceptors (Lipinski definition) is 2. The lowest BCUT2D eigenvalue weighted by atomic mass is 9.96. The van der Waals surface area contributed by atoms with Gasteiger partial charge in [0.15, 0.2) is 0 Å². The Hall–Kier alpha value is -0.580. The SMILES string of the molecule is Cl.NC1(C(=O)NCC2(c3ccccc3Br)CC2)CC1. The van der Waals surface area contributed by atoms with E-state index in [0.29, 0.717) is 6.54 Å². The summed E-state index contributed by atoms with van der Waals surface area (Å²) < 4.78 is 1.13. The minimum Gasteiger partial charge on any atom is -0.354 e. The van der Waals surface area contributed by atoms with E-state index in [1.54, 1.807) is 0 Å². The molecule has 0 heterocycles. The number of carbonyl (C=O) groups excluding carboxylic acids is 1. The fourth-order valence-corrected chi connectivity index (χ4v) is 3.08. The van der Waals surface area contributed by atoms with Crippen molar-refractivity contribution in [1.82, 2.24) is 5.32 Å². The molecule has 1 aromatic carbocycles. The van der Waals surface area contributed by atoms with Crippen LogP contribution in [0.5, 0.6) is 0 Å². The number of benzene rings is 1. The van der Waals surface area contributed by atoms with E-state index in [1.807, 2.05) is 12.1 Å². The fourth-order valence-electron chi connectivity index (χ4n) is 2.37. The first-order chi connectivity index (χ1) is 8.56. The molecule has 5 heteroatoms. The van der Waals surface area contributed by atoms with E-state index >= 15 is 0 Å². The van der Waals surface area contributed by atoms with Crippen molar-refractivity contribution in [3.8, 4) is 0 Å². The summed E-state index contributed by atoms with van der Waals surface area (Å²) in [7, 11) is 0. The van der Waals surface area contributed by atoms with Gasteiger partial charge in [-0.05, 0) is 37.3 Å². The molecule has 3 rings (SSSR count). The fraction of sp³-hybridized carbons (Fsp3) is 0.500. The number of nitrogens with two attached hydrogens (primary N) is 1. The minimum absolute atomic E-state index is 0. The molecule has 1 amide bonds. The smallest absolute Gasteiger partial charge is 0.240 e. The Balaban J connectivity index is 0.00000133. The predicted octanol–water partition coefficient (Wildman–Crippen LogP) is 2.51. The average Bonchev–Trinajstić information content (AvgIpc) is 3.25. The van der Waals surface area contributed by atoms with E-state index < -0.39 is 5.54 Å². The van der Waals surface area contributed by atoms with Gasteiger partial charge in [-0.25, -0.2) is 0 Å². The molecule has 0 aliphatic heterocycles. The van der Waals surface area contributed by atoms with E-state index in [1.165, 1.54) is 5.56 Å². The van der Waals surface area contributed by atoms with Crippen LogP contribution in [-0.2, 0) is 10.2 Å². The molecule has 2 saturated carbocycles. The Bertz CT molecular complexity index is 498. The van der Waals surface area contributed by atoms with Crippen LogP contribution in [0.1, 0.15) is 31.2 Å². The molecular weight excluding hydrogens is 328 g/mol. The quantitative estimate of drug-likeness (QED) is 0.881. The molecule has 3 nitrogen and oxygen atoms in total. The van der Waals surface area contributed by atoms with Gasteiger partial charge in [0.1, 0.15) is 0 Å². The van der Waals surface area contributed by atoms with Gasteiger partial charge in [0.2, 0.25) is 5.91 Å². The highest BCUT2D eigenvalue weighted by atomic mass is 79.9. The van der Waals surface area contributed by atoms with E-state index in [2.05, 4.69) is 33.4 Å². The highest BCUT2D eigenvalue weighted by molar-refractivity contribution is 9.10. The molecule has 0 radical (unpaired) electrons. The van der Waals surface area contributed by atoms with Gasteiger partial charge in [0.25, 0.3) is 0 Å². The zero-order valence-corrected chi connectivity index (χ0v) is 13.0. The van der Waals surface area contributed by atoms with Gasteiger partial charge in [-0.15, -0.1) is 12.4 Å². The summed E-state index contributed by atoms with van der Waals surface area (Å²) in [5, 5.41) is 3.03. The van der Waals surface area contributed by atoms with Crippen LogP contribution in [0.15, 0.2) is 28.7 Å². The second-order valence-corrected chi connectivity index (χ2v) is 6.45. The first-order valence-electron chi connectivity index (χ1n) is 6.38. The Kier molecular flexibility index (Phi) is 3.96. The van der Waals surface area contributed by atoms with E-state index in [4.69, 9.17) is 5.73 Å². The summed E-state index contributed by atoms with van der Waals surface area (Å²) in [6.07, 6.45) is 3.91.